The summed E-state index contributed by atoms with van der Waals surface area (Å²) in [6.07, 6.45) is 1.44. The lowest BCUT2D eigenvalue weighted by Gasteiger charge is -2.12. The first-order valence-corrected chi connectivity index (χ1v) is 7.83. The van der Waals surface area contributed by atoms with Gasteiger partial charge in [0.1, 0.15) is 16.7 Å². The Labute approximate surface area is 127 Å². The Balaban J connectivity index is 2.53. The molecule has 0 radical (unpaired) electrons. The zero-order valence-electron chi connectivity index (χ0n) is 11.3. The number of fused-ring (bicyclic) bond motifs is 1. The molecule has 0 aliphatic rings. The second-order valence-corrected chi connectivity index (χ2v) is 8.07. The maximum Gasteiger partial charge on any atom is 0.272 e. The first-order valence-electron chi connectivity index (χ1n) is 5.93. The lowest BCUT2D eigenvalue weighted by molar-refractivity contribution is 0.651. The lowest BCUT2D eigenvalue weighted by atomic mass is 10.1. The van der Waals surface area contributed by atoms with E-state index in [9.17, 15) is 9.00 Å². The van der Waals surface area contributed by atoms with Crippen molar-refractivity contribution in [1.29, 1.82) is 0 Å². The second-order valence-electron chi connectivity index (χ2n) is 5.22. The van der Waals surface area contributed by atoms with E-state index in [0.29, 0.717) is 16.5 Å². The monoisotopic (exact) mass is 355 g/mol. The predicted octanol–water partition coefficient (Wildman–Crippen LogP) is 2.57. The molecular weight excluding hydrogens is 342 g/mol. The van der Waals surface area contributed by atoms with Gasteiger partial charge in [-0.25, -0.2) is 9.31 Å². The second kappa shape index (κ2) is 5.57. The van der Waals surface area contributed by atoms with Gasteiger partial charge in [0.2, 0.25) is 0 Å². The quantitative estimate of drug-likeness (QED) is 0.841. The van der Waals surface area contributed by atoms with Crippen molar-refractivity contribution >= 4 is 43.9 Å². The van der Waals surface area contributed by atoms with E-state index in [-0.39, 0.29) is 5.56 Å². The van der Waals surface area contributed by atoms with Crippen LogP contribution in [0.15, 0.2) is 31.9 Å². The molecule has 0 saturated heterocycles. The van der Waals surface area contributed by atoms with Gasteiger partial charge < -0.3 is 0 Å². The van der Waals surface area contributed by atoms with Crippen molar-refractivity contribution in [3.05, 3.63) is 38.7 Å². The molecule has 2 aromatic rings. The molecule has 5 nitrogen and oxygen atoms in total. The third kappa shape index (κ3) is 3.21. The van der Waals surface area contributed by atoms with E-state index < -0.39 is 15.7 Å². The van der Waals surface area contributed by atoms with Gasteiger partial charge >= 0.3 is 0 Å². The molecule has 0 fully saturated rings. The summed E-state index contributed by atoms with van der Waals surface area (Å²) in [5.41, 5.74) is 0.222. The highest BCUT2D eigenvalue weighted by atomic mass is 79.9. The molecular formula is C13H14BrN3O2S. The minimum absolute atomic E-state index is 0.262. The van der Waals surface area contributed by atoms with Gasteiger partial charge in [0.15, 0.2) is 0 Å². The fraction of sp³-hybridized carbons (Fsp3) is 0.308. The topological polar surface area (TPSA) is 75.2 Å². The maximum absolute atomic E-state index is 11.9. The van der Waals surface area contributed by atoms with E-state index >= 15 is 0 Å². The zero-order valence-corrected chi connectivity index (χ0v) is 13.7. The Kier molecular flexibility index (Phi) is 4.19. The van der Waals surface area contributed by atoms with Gasteiger partial charge in [-0.2, -0.15) is 9.50 Å². The third-order valence-corrected chi connectivity index (χ3v) is 4.41. The van der Waals surface area contributed by atoms with E-state index in [4.69, 9.17) is 0 Å². The van der Waals surface area contributed by atoms with Crippen molar-refractivity contribution in [1.82, 2.24) is 10.2 Å². The number of hydrogen-bond acceptors (Lipinski definition) is 3. The minimum atomic E-state index is -1.37. The highest BCUT2D eigenvalue weighted by molar-refractivity contribution is 9.10. The number of hydrogen-bond donors (Lipinski definition) is 1. The van der Waals surface area contributed by atoms with Crippen LogP contribution in [0.5, 0.6) is 0 Å². The molecule has 0 bridgehead atoms. The molecule has 0 aliphatic heterocycles. The molecule has 7 heteroatoms. The van der Waals surface area contributed by atoms with Crippen molar-refractivity contribution in [2.24, 2.45) is 4.40 Å². The van der Waals surface area contributed by atoms with Gasteiger partial charge in [-0.15, -0.1) is 0 Å². The molecule has 1 heterocycles. The van der Waals surface area contributed by atoms with Crippen LogP contribution in [-0.4, -0.2) is 25.4 Å². The van der Waals surface area contributed by atoms with Gasteiger partial charge in [0.05, 0.1) is 16.3 Å². The van der Waals surface area contributed by atoms with Crippen molar-refractivity contribution in [2.45, 2.75) is 25.5 Å². The smallest absolute Gasteiger partial charge is 0.267 e. The van der Waals surface area contributed by atoms with Gasteiger partial charge in [0, 0.05) is 9.86 Å². The first kappa shape index (κ1) is 15.1. The summed E-state index contributed by atoms with van der Waals surface area (Å²) >= 11 is 3.36. The number of halogens is 1. The summed E-state index contributed by atoms with van der Waals surface area (Å²) in [7, 11) is -1.37. The van der Waals surface area contributed by atoms with Crippen molar-refractivity contribution in [2.75, 3.05) is 0 Å². The standard InChI is InChI=1S/C13H14BrN3O2S/c1-13(2,3)20(19)15-7-11-10-6-8(14)4-5-9(10)12(18)17-16-11/h4-7H,1-3H3,(H,17,18). The Morgan fingerprint density at radius 1 is 1.35 bits per heavy atom. The predicted molar refractivity (Wildman–Crippen MR) is 85.6 cm³/mol. The molecule has 1 aromatic heterocycles. The van der Waals surface area contributed by atoms with E-state index in [1.807, 2.05) is 20.8 Å². The van der Waals surface area contributed by atoms with Crippen LogP contribution in [0.1, 0.15) is 26.5 Å². The lowest BCUT2D eigenvalue weighted by Crippen LogP contribution is -2.20. The summed E-state index contributed by atoms with van der Waals surface area (Å²) in [6, 6.07) is 5.28. The Bertz CT molecular complexity index is 762. The number of aromatic nitrogens is 2. The van der Waals surface area contributed by atoms with E-state index in [1.165, 1.54) is 6.21 Å². The van der Waals surface area contributed by atoms with Gasteiger partial charge in [-0.05, 0) is 39.0 Å². The van der Waals surface area contributed by atoms with Crippen LogP contribution in [0.3, 0.4) is 0 Å². The molecule has 20 heavy (non-hydrogen) atoms. The number of rotatable bonds is 2. The summed E-state index contributed by atoms with van der Waals surface area (Å²) in [5, 5.41) is 7.56. The fourth-order valence-electron chi connectivity index (χ4n) is 1.51. The SMILES string of the molecule is CC(C)(C)S(=O)N=Cc1n[nH]c(=O)c2ccc(Br)cc12. The molecule has 1 aromatic carbocycles. The van der Waals surface area contributed by atoms with Gasteiger partial charge in [-0.1, -0.05) is 15.9 Å². The number of nitrogens with one attached hydrogen (secondary N) is 1. The highest BCUT2D eigenvalue weighted by Crippen LogP contribution is 2.19. The first-order chi connectivity index (χ1) is 9.29. The van der Waals surface area contributed by atoms with Crippen LogP contribution in [-0.2, 0) is 11.0 Å². The Morgan fingerprint density at radius 2 is 2.05 bits per heavy atom. The average Bonchev–Trinajstić information content (AvgIpc) is 2.36. The van der Waals surface area contributed by atoms with Gasteiger partial charge in [-0.3, -0.25) is 4.79 Å². The summed E-state index contributed by atoms with van der Waals surface area (Å²) in [5.74, 6) is 0. The number of aromatic amines is 1. The van der Waals surface area contributed by atoms with Crippen molar-refractivity contribution < 1.29 is 4.21 Å². The van der Waals surface area contributed by atoms with E-state index in [0.717, 1.165) is 4.47 Å². The van der Waals surface area contributed by atoms with E-state index in [1.54, 1.807) is 18.2 Å². The minimum Gasteiger partial charge on any atom is -0.267 e. The van der Waals surface area contributed by atoms with Gasteiger partial charge in [0.25, 0.3) is 5.56 Å². The number of nitrogens with zero attached hydrogens (tertiary/aromatic N) is 2. The number of H-pyrrole nitrogens is 1. The summed E-state index contributed by atoms with van der Waals surface area (Å²) < 4.78 is 16.3. The molecule has 2 rings (SSSR count). The number of benzene rings is 1. The van der Waals surface area contributed by atoms with Crippen LogP contribution in [0, 0.1) is 0 Å². The molecule has 0 aliphatic carbocycles. The highest BCUT2D eigenvalue weighted by Gasteiger charge is 2.18. The molecule has 1 N–H and O–H groups in total. The van der Waals surface area contributed by atoms with Crippen LogP contribution in [0.2, 0.25) is 0 Å². The average molecular weight is 356 g/mol. The molecule has 0 spiro atoms. The molecule has 106 valence electrons. The van der Waals surface area contributed by atoms with E-state index in [2.05, 4.69) is 30.5 Å². The van der Waals surface area contributed by atoms with Crippen LogP contribution in [0.25, 0.3) is 10.8 Å². The Hall–Kier alpha value is -1.34. The van der Waals surface area contributed by atoms with Crippen LogP contribution < -0.4 is 5.56 Å². The zero-order chi connectivity index (χ0) is 14.9. The van der Waals surface area contributed by atoms with Crippen molar-refractivity contribution in [3.8, 4) is 0 Å². The Morgan fingerprint density at radius 3 is 2.70 bits per heavy atom. The third-order valence-electron chi connectivity index (χ3n) is 2.57. The maximum atomic E-state index is 11.9. The van der Waals surface area contributed by atoms with Crippen LogP contribution in [0.4, 0.5) is 0 Å². The largest absolute Gasteiger partial charge is 0.272 e. The molecule has 0 saturated carbocycles. The molecule has 0 amide bonds. The van der Waals surface area contributed by atoms with Crippen LogP contribution >= 0.6 is 15.9 Å². The summed E-state index contributed by atoms with van der Waals surface area (Å²) in [4.78, 5) is 11.7. The summed E-state index contributed by atoms with van der Waals surface area (Å²) in [6.45, 7) is 5.53. The van der Waals surface area contributed by atoms with Crippen molar-refractivity contribution in [3.63, 3.8) is 0 Å². The molecule has 1 unspecified atom stereocenters. The normalized spacial score (nSPS) is 14.0. The molecule has 1 atom stereocenters. The fourth-order valence-corrected chi connectivity index (χ4v) is 2.39.